The Morgan fingerprint density at radius 1 is 1.28 bits per heavy atom. The summed E-state index contributed by atoms with van der Waals surface area (Å²) >= 11 is 0. The van der Waals surface area contributed by atoms with Crippen LogP contribution in [0, 0.1) is 5.92 Å². The van der Waals surface area contributed by atoms with Crippen molar-refractivity contribution in [3.8, 4) is 0 Å². The summed E-state index contributed by atoms with van der Waals surface area (Å²) in [5.41, 5.74) is 0. The molecule has 1 heterocycles. The van der Waals surface area contributed by atoms with Gasteiger partial charge in [-0.25, -0.2) is 13.1 Å². The zero-order valence-corrected chi connectivity index (χ0v) is 11.8. The Bertz CT molecular complexity index is 354. The van der Waals surface area contributed by atoms with Gasteiger partial charge in [-0.15, -0.1) is 0 Å². The fraction of sp³-hybridized carbons (Fsp3) is 1.00. The summed E-state index contributed by atoms with van der Waals surface area (Å²) in [6, 6.07) is 0.563. The van der Waals surface area contributed by atoms with Crippen LogP contribution in [0.2, 0.25) is 0 Å². The van der Waals surface area contributed by atoms with Crippen LogP contribution in [0.4, 0.5) is 0 Å². The van der Waals surface area contributed by atoms with Gasteiger partial charge in [0, 0.05) is 31.7 Å². The van der Waals surface area contributed by atoms with Crippen molar-refractivity contribution in [2.24, 2.45) is 5.92 Å². The number of nitrogens with one attached hydrogen (secondary N) is 2. The number of hydrogen-bond acceptors (Lipinski definition) is 4. The summed E-state index contributed by atoms with van der Waals surface area (Å²) in [7, 11) is -3.14. The molecule has 1 aliphatic carbocycles. The predicted octanol–water partition coefficient (Wildman–Crippen LogP) is 0.473. The van der Waals surface area contributed by atoms with Crippen molar-refractivity contribution in [1.29, 1.82) is 0 Å². The summed E-state index contributed by atoms with van der Waals surface area (Å²) in [6.45, 7) is 3.91. The topological polar surface area (TPSA) is 67.4 Å². The van der Waals surface area contributed by atoms with Gasteiger partial charge in [0.15, 0.2) is 0 Å². The van der Waals surface area contributed by atoms with Crippen LogP contribution in [0.5, 0.6) is 0 Å². The average molecular weight is 276 g/mol. The third kappa shape index (κ3) is 4.50. The highest BCUT2D eigenvalue weighted by atomic mass is 32.2. The van der Waals surface area contributed by atoms with E-state index >= 15 is 0 Å². The Hall–Kier alpha value is -0.170. The van der Waals surface area contributed by atoms with E-state index in [1.54, 1.807) is 0 Å². The molecule has 0 spiro atoms. The van der Waals surface area contributed by atoms with Gasteiger partial charge in [-0.2, -0.15) is 0 Å². The molecule has 0 aromatic heterocycles. The van der Waals surface area contributed by atoms with Gasteiger partial charge >= 0.3 is 0 Å². The Morgan fingerprint density at radius 2 is 2.06 bits per heavy atom. The van der Waals surface area contributed by atoms with Gasteiger partial charge in [-0.3, -0.25) is 0 Å². The summed E-state index contributed by atoms with van der Waals surface area (Å²) in [5, 5.41) is 3.22. The van der Waals surface area contributed by atoms with Crippen molar-refractivity contribution in [3.63, 3.8) is 0 Å². The highest BCUT2D eigenvalue weighted by Gasteiger charge is 2.28. The summed E-state index contributed by atoms with van der Waals surface area (Å²) in [4.78, 5) is 0. The van der Waals surface area contributed by atoms with Crippen LogP contribution in [-0.2, 0) is 14.8 Å². The Kier molecular flexibility index (Phi) is 5.00. The van der Waals surface area contributed by atoms with Gasteiger partial charge < -0.3 is 10.1 Å². The molecule has 0 amide bonds. The van der Waals surface area contributed by atoms with Crippen LogP contribution < -0.4 is 10.0 Å². The fourth-order valence-electron chi connectivity index (χ4n) is 2.37. The second-order valence-electron chi connectivity index (χ2n) is 5.26. The molecule has 2 aliphatic rings. The zero-order chi connectivity index (χ0) is 13.0. The highest BCUT2D eigenvalue weighted by Crippen LogP contribution is 2.22. The lowest BCUT2D eigenvalue weighted by atomic mass is 10.0. The Labute approximate surface area is 110 Å². The SMILES string of the molecule is CCC1OCCC1CNS(=O)(=O)CCNC1CC1. The van der Waals surface area contributed by atoms with E-state index in [9.17, 15) is 8.42 Å². The Balaban J connectivity index is 1.66. The third-order valence-corrected chi connectivity index (χ3v) is 5.04. The highest BCUT2D eigenvalue weighted by molar-refractivity contribution is 7.89. The second kappa shape index (κ2) is 6.32. The normalized spacial score (nSPS) is 28.7. The monoisotopic (exact) mass is 276 g/mol. The standard InChI is InChI=1S/C12H24N2O3S/c1-2-12-10(5-7-17-12)9-14-18(15,16)8-6-13-11-3-4-11/h10-14H,2-9H2,1H3. The van der Waals surface area contributed by atoms with E-state index < -0.39 is 10.0 Å². The number of ether oxygens (including phenoxy) is 1. The maximum absolute atomic E-state index is 11.8. The minimum Gasteiger partial charge on any atom is -0.378 e. The molecule has 0 aromatic carbocycles. The zero-order valence-electron chi connectivity index (χ0n) is 11.0. The molecule has 0 radical (unpaired) electrons. The molecular formula is C12H24N2O3S. The maximum atomic E-state index is 11.8. The number of rotatable bonds is 8. The largest absolute Gasteiger partial charge is 0.378 e. The van der Waals surface area contributed by atoms with Crippen LogP contribution in [0.15, 0.2) is 0 Å². The first-order chi connectivity index (χ1) is 8.61. The molecule has 2 unspecified atom stereocenters. The summed E-state index contributed by atoms with van der Waals surface area (Å²) in [6.07, 6.45) is 4.50. The van der Waals surface area contributed by atoms with Crippen molar-refractivity contribution in [2.45, 2.75) is 44.8 Å². The fourth-order valence-corrected chi connectivity index (χ4v) is 3.37. The maximum Gasteiger partial charge on any atom is 0.212 e. The van der Waals surface area contributed by atoms with E-state index in [4.69, 9.17) is 4.74 Å². The van der Waals surface area contributed by atoms with Crippen LogP contribution in [-0.4, -0.2) is 46.0 Å². The molecule has 1 saturated carbocycles. The van der Waals surface area contributed by atoms with Gasteiger partial charge in [0.05, 0.1) is 11.9 Å². The van der Waals surface area contributed by atoms with Crippen molar-refractivity contribution in [2.75, 3.05) is 25.4 Å². The van der Waals surface area contributed by atoms with Crippen LogP contribution in [0.3, 0.4) is 0 Å². The van der Waals surface area contributed by atoms with E-state index in [0.29, 0.717) is 25.0 Å². The van der Waals surface area contributed by atoms with E-state index in [1.165, 1.54) is 12.8 Å². The molecule has 1 aliphatic heterocycles. The molecular weight excluding hydrogens is 252 g/mol. The van der Waals surface area contributed by atoms with Gasteiger partial charge in [-0.1, -0.05) is 6.92 Å². The third-order valence-electron chi connectivity index (χ3n) is 3.70. The van der Waals surface area contributed by atoms with Gasteiger partial charge in [0.2, 0.25) is 10.0 Å². The lowest BCUT2D eigenvalue weighted by Gasteiger charge is -2.17. The lowest BCUT2D eigenvalue weighted by molar-refractivity contribution is 0.0884. The molecule has 6 heteroatoms. The molecule has 106 valence electrons. The quantitative estimate of drug-likeness (QED) is 0.676. The first-order valence-corrected chi connectivity index (χ1v) is 8.58. The van der Waals surface area contributed by atoms with E-state index in [-0.39, 0.29) is 11.9 Å². The van der Waals surface area contributed by atoms with Crippen LogP contribution in [0.25, 0.3) is 0 Å². The number of sulfonamides is 1. The summed E-state index contributed by atoms with van der Waals surface area (Å²) < 4.78 is 31.8. The van der Waals surface area contributed by atoms with Crippen molar-refractivity contribution in [1.82, 2.24) is 10.0 Å². The van der Waals surface area contributed by atoms with Crippen LogP contribution in [0.1, 0.15) is 32.6 Å². The minimum absolute atomic E-state index is 0.174. The summed E-state index contributed by atoms with van der Waals surface area (Å²) in [5.74, 6) is 0.509. The molecule has 2 rings (SSSR count). The number of hydrogen-bond donors (Lipinski definition) is 2. The van der Waals surface area contributed by atoms with Crippen LogP contribution >= 0.6 is 0 Å². The van der Waals surface area contributed by atoms with Crippen molar-refractivity contribution < 1.29 is 13.2 Å². The first-order valence-electron chi connectivity index (χ1n) is 6.93. The second-order valence-corrected chi connectivity index (χ2v) is 7.19. The minimum atomic E-state index is -3.14. The first kappa shape index (κ1) is 14.2. The van der Waals surface area contributed by atoms with E-state index in [1.807, 2.05) is 0 Å². The Morgan fingerprint density at radius 3 is 2.72 bits per heavy atom. The molecule has 2 fully saturated rings. The lowest BCUT2D eigenvalue weighted by Crippen LogP contribution is -2.37. The molecule has 0 bridgehead atoms. The molecule has 2 atom stereocenters. The molecule has 5 nitrogen and oxygen atoms in total. The van der Waals surface area contributed by atoms with Crippen molar-refractivity contribution >= 4 is 10.0 Å². The van der Waals surface area contributed by atoms with Gasteiger partial charge in [0.1, 0.15) is 0 Å². The molecule has 2 N–H and O–H groups in total. The van der Waals surface area contributed by atoms with Crippen molar-refractivity contribution in [3.05, 3.63) is 0 Å². The average Bonchev–Trinajstić information content (AvgIpc) is 3.03. The van der Waals surface area contributed by atoms with Gasteiger partial charge in [0.25, 0.3) is 0 Å². The molecule has 1 saturated heterocycles. The van der Waals surface area contributed by atoms with E-state index in [2.05, 4.69) is 17.0 Å². The van der Waals surface area contributed by atoms with E-state index in [0.717, 1.165) is 19.4 Å². The van der Waals surface area contributed by atoms with Gasteiger partial charge in [-0.05, 0) is 25.7 Å². The molecule has 0 aromatic rings. The predicted molar refractivity (Wildman–Crippen MR) is 71.0 cm³/mol. The smallest absolute Gasteiger partial charge is 0.212 e. The molecule has 18 heavy (non-hydrogen) atoms.